The van der Waals surface area contributed by atoms with Crippen LogP contribution in [0, 0.1) is 0 Å². The van der Waals surface area contributed by atoms with Gasteiger partial charge in [0.1, 0.15) is 6.61 Å². The fourth-order valence-corrected chi connectivity index (χ4v) is 1.75. The number of aromatic nitrogens is 2. The van der Waals surface area contributed by atoms with E-state index in [1.165, 1.54) is 7.11 Å². The average molecular weight is 273 g/mol. The highest BCUT2D eigenvalue weighted by Gasteiger charge is 2.13. The van der Waals surface area contributed by atoms with Crippen molar-refractivity contribution in [1.82, 2.24) is 9.55 Å². The summed E-state index contributed by atoms with van der Waals surface area (Å²) >= 11 is 0. The van der Waals surface area contributed by atoms with Crippen molar-refractivity contribution in [2.45, 2.75) is 0 Å². The van der Waals surface area contributed by atoms with Gasteiger partial charge in [-0.2, -0.15) is 0 Å². The smallest absolute Gasteiger partial charge is 0.250 e. The van der Waals surface area contributed by atoms with Gasteiger partial charge in [0.15, 0.2) is 5.82 Å². The van der Waals surface area contributed by atoms with E-state index in [4.69, 9.17) is 4.74 Å². The van der Waals surface area contributed by atoms with Gasteiger partial charge in [-0.25, -0.2) is 4.98 Å². The summed E-state index contributed by atoms with van der Waals surface area (Å²) in [5.74, 6) is -0.0240. The number of hydrogen-bond acceptors (Lipinski definition) is 4. The molecule has 0 aliphatic rings. The molecule has 0 atom stereocenters. The van der Waals surface area contributed by atoms with E-state index in [0.29, 0.717) is 17.1 Å². The third-order valence-corrected chi connectivity index (χ3v) is 2.73. The van der Waals surface area contributed by atoms with Gasteiger partial charge in [-0.05, 0) is 24.3 Å². The molecule has 0 saturated heterocycles. The van der Waals surface area contributed by atoms with E-state index in [1.54, 1.807) is 48.3 Å². The second kappa shape index (κ2) is 6.12. The number of anilines is 1. The molecule has 1 N–H and O–H groups in total. The molecule has 2 aromatic rings. The van der Waals surface area contributed by atoms with E-state index >= 15 is 0 Å². The maximum Gasteiger partial charge on any atom is 0.250 e. The average Bonchev–Trinajstić information content (AvgIpc) is 2.85. The first-order valence-corrected chi connectivity index (χ1v) is 6.02. The predicted octanol–water partition coefficient (Wildman–Crippen LogP) is 1.24. The summed E-state index contributed by atoms with van der Waals surface area (Å²) < 4.78 is 6.39. The van der Waals surface area contributed by atoms with E-state index in [2.05, 4.69) is 10.3 Å². The first-order chi connectivity index (χ1) is 9.61. The molecule has 0 aliphatic heterocycles. The summed E-state index contributed by atoms with van der Waals surface area (Å²) in [7, 11) is 3.22. The number of aryl methyl sites for hydroxylation is 1. The van der Waals surface area contributed by atoms with Crippen molar-refractivity contribution in [1.29, 1.82) is 0 Å². The SMILES string of the molecule is COCC(=O)Nc1ccc(C(=O)c2nccn2C)cc1. The van der Waals surface area contributed by atoms with E-state index < -0.39 is 0 Å². The third kappa shape index (κ3) is 3.10. The van der Waals surface area contributed by atoms with Gasteiger partial charge in [0.2, 0.25) is 11.7 Å². The number of hydrogen-bond donors (Lipinski definition) is 1. The van der Waals surface area contributed by atoms with E-state index in [1.807, 2.05) is 0 Å². The first-order valence-electron chi connectivity index (χ1n) is 6.02. The molecular formula is C14H15N3O3. The molecule has 2 rings (SSSR count). The molecule has 0 saturated carbocycles. The largest absolute Gasteiger partial charge is 0.375 e. The minimum absolute atomic E-state index is 0.00600. The molecule has 6 heteroatoms. The Labute approximate surface area is 116 Å². The zero-order valence-electron chi connectivity index (χ0n) is 11.3. The molecule has 0 unspecified atom stereocenters. The van der Waals surface area contributed by atoms with Crippen LogP contribution in [0.4, 0.5) is 5.69 Å². The number of amides is 1. The monoisotopic (exact) mass is 273 g/mol. The minimum atomic E-state index is -0.240. The van der Waals surface area contributed by atoms with Gasteiger partial charge >= 0.3 is 0 Å². The Kier molecular flexibility index (Phi) is 4.27. The van der Waals surface area contributed by atoms with E-state index in [9.17, 15) is 9.59 Å². The molecule has 6 nitrogen and oxygen atoms in total. The second-order valence-corrected chi connectivity index (χ2v) is 4.25. The molecule has 0 fully saturated rings. The number of imidazole rings is 1. The van der Waals surface area contributed by atoms with Gasteiger partial charge in [0.25, 0.3) is 0 Å². The van der Waals surface area contributed by atoms with Crippen LogP contribution < -0.4 is 5.32 Å². The van der Waals surface area contributed by atoms with Crippen molar-refractivity contribution >= 4 is 17.4 Å². The molecule has 104 valence electrons. The maximum atomic E-state index is 12.2. The van der Waals surface area contributed by atoms with Crippen LogP contribution >= 0.6 is 0 Å². The normalized spacial score (nSPS) is 10.3. The molecular weight excluding hydrogens is 258 g/mol. The lowest BCUT2D eigenvalue weighted by Crippen LogP contribution is -2.17. The molecule has 0 aliphatic carbocycles. The van der Waals surface area contributed by atoms with Gasteiger partial charge in [-0.3, -0.25) is 9.59 Å². The minimum Gasteiger partial charge on any atom is -0.375 e. The lowest BCUT2D eigenvalue weighted by molar-refractivity contribution is -0.119. The number of nitrogens with one attached hydrogen (secondary N) is 1. The number of nitrogens with zero attached hydrogens (tertiary/aromatic N) is 2. The standard InChI is InChI=1S/C14H15N3O3/c1-17-8-7-15-14(17)13(19)10-3-5-11(6-4-10)16-12(18)9-20-2/h3-8H,9H2,1-2H3,(H,16,18). The van der Waals surface area contributed by atoms with Crippen LogP contribution in [0.15, 0.2) is 36.7 Å². The number of carbonyl (C=O) groups is 2. The molecule has 1 aromatic heterocycles. The number of ketones is 1. The summed E-state index contributed by atoms with van der Waals surface area (Å²) in [4.78, 5) is 27.5. The van der Waals surface area contributed by atoms with Crippen LogP contribution in [0.2, 0.25) is 0 Å². The molecule has 0 bridgehead atoms. The fourth-order valence-electron chi connectivity index (χ4n) is 1.75. The van der Waals surface area contributed by atoms with Crippen LogP contribution in [-0.2, 0) is 16.6 Å². The highest BCUT2D eigenvalue weighted by Crippen LogP contribution is 2.12. The number of rotatable bonds is 5. The van der Waals surface area contributed by atoms with Crippen molar-refractivity contribution < 1.29 is 14.3 Å². The third-order valence-electron chi connectivity index (χ3n) is 2.73. The van der Waals surface area contributed by atoms with E-state index in [0.717, 1.165) is 0 Å². The zero-order valence-corrected chi connectivity index (χ0v) is 11.3. The summed E-state index contributed by atoms with van der Waals surface area (Å²) in [5.41, 5.74) is 1.13. The molecule has 1 amide bonds. The number of ether oxygens (including phenoxy) is 1. The van der Waals surface area contributed by atoms with Gasteiger partial charge in [-0.15, -0.1) is 0 Å². The summed E-state index contributed by atoms with van der Waals surface area (Å²) in [5, 5.41) is 2.66. The maximum absolute atomic E-state index is 12.2. The van der Waals surface area contributed by atoms with Crippen LogP contribution in [0.1, 0.15) is 16.2 Å². The van der Waals surface area contributed by atoms with Crippen molar-refractivity contribution in [3.63, 3.8) is 0 Å². The fraction of sp³-hybridized carbons (Fsp3) is 0.214. The van der Waals surface area contributed by atoms with Crippen molar-refractivity contribution in [3.8, 4) is 0 Å². The number of methoxy groups -OCH3 is 1. The second-order valence-electron chi connectivity index (χ2n) is 4.25. The van der Waals surface area contributed by atoms with E-state index in [-0.39, 0.29) is 18.3 Å². The van der Waals surface area contributed by atoms with Crippen LogP contribution in [-0.4, -0.2) is 35.0 Å². The first kappa shape index (κ1) is 14.0. The Bertz CT molecular complexity index is 617. The predicted molar refractivity (Wildman–Crippen MR) is 73.6 cm³/mol. The lowest BCUT2D eigenvalue weighted by Gasteiger charge is -2.06. The summed E-state index contributed by atoms with van der Waals surface area (Å²) in [6.07, 6.45) is 3.29. The van der Waals surface area contributed by atoms with Gasteiger partial charge in [-0.1, -0.05) is 0 Å². The van der Waals surface area contributed by atoms with Crippen LogP contribution in [0.3, 0.4) is 0 Å². The lowest BCUT2D eigenvalue weighted by atomic mass is 10.1. The molecule has 0 radical (unpaired) electrons. The van der Waals surface area contributed by atoms with Gasteiger partial charge < -0.3 is 14.6 Å². The highest BCUT2D eigenvalue weighted by atomic mass is 16.5. The molecule has 1 aromatic carbocycles. The quantitative estimate of drug-likeness (QED) is 0.832. The topological polar surface area (TPSA) is 73.2 Å². The number of benzene rings is 1. The Morgan fingerprint density at radius 2 is 2.00 bits per heavy atom. The summed E-state index contributed by atoms with van der Waals surface area (Å²) in [6.45, 7) is -0.00600. The van der Waals surface area contributed by atoms with Crippen molar-refractivity contribution in [2.24, 2.45) is 7.05 Å². The zero-order chi connectivity index (χ0) is 14.5. The van der Waals surface area contributed by atoms with Crippen LogP contribution in [0.25, 0.3) is 0 Å². The Morgan fingerprint density at radius 3 is 2.55 bits per heavy atom. The van der Waals surface area contributed by atoms with Gasteiger partial charge in [0, 0.05) is 37.8 Å². The summed E-state index contributed by atoms with van der Waals surface area (Å²) in [6, 6.07) is 6.65. The highest BCUT2D eigenvalue weighted by molar-refractivity contribution is 6.07. The Hall–Kier alpha value is -2.47. The number of carbonyl (C=O) groups excluding carboxylic acids is 2. The Balaban J connectivity index is 2.10. The molecule has 0 spiro atoms. The molecule has 20 heavy (non-hydrogen) atoms. The Morgan fingerprint density at radius 1 is 1.30 bits per heavy atom. The van der Waals surface area contributed by atoms with Gasteiger partial charge in [0.05, 0.1) is 0 Å². The molecule has 1 heterocycles. The van der Waals surface area contributed by atoms with Crippen LogP contribution in [0.5, 0.6) is 0 Å². The van der Waals surface area contributed by atoms with Crippen molar-refractivity contribution in [3.05, 3.63) is 48.0 Å². The van der Waals surface area contributed by atoms with Crippen molar-refractivity contribution in [2.75, 3.05) is 19.0 Å².